The molecule has 2 saturated carbocycles. The van der Waals surface area contributed by atoms with Crippen LogP contribution in [0.4, 0.5) is 0 Å². The zero-order valence-corrected chi connectivity index (χ0v) is 16.5. The molecule has 2 aliphatic carbocycles. The van der Waals surface area contributed by atoms with E-state index in [1.807, 2.05) is 24.3 Å². The molecule has 0 amide bonds. The van der Waals surface area contributed by atoms with Crippen LogP contribution in [-0.4, -0.2) is 11.1 Å². The number of fused-ring (bicyclic) bond motifs is 2. The van der Waals surface area contributed by atoms with Crippen LogP contribution in [0.2, 0.25) is 5.02 Å². The van der Waals surface area contributed by atoms with Gasteiger partial charge in [-0.05, 0) is 80.4 Å². The SMILES string of the molecule is CCCC(C(=O)O)C(CC=CCC12CCC(CC1)C2)c1cccc(Cl)c1. The third kappa shape index (κ3) is 4.52. The summed E-state index contributed by atoms with van der Waals surface area (Å²) in [5.41, 5.74) is 1.60. The van der Waals surface area contributed by atoms with Gasteiger partial charge in [0.05, 0.1) is 5.92 Å². The van der Waals surface area contributed by atoms with Crippen LogP contribution in [-0.2, 0) is 4.79 Å². The highest BCUT2D eigenvalue weighted by molar-refractivity contribution is 6.30. The highest BCUT2D eigenvalue weighted by atomic mass is 35.5. The molecule has 0 radical (unpaired) electrons. The van der Waals surface area contributed by atoms with E-state index in [4.69, 9.17) is 11.6 Å². The third-order valence-electron chi connectivity index (χ3n) is 6.67. The molecule has 142 valence electrons. The van der Waals surface area contributed by atoms with Gasteiger partial charge in [0.25, 0.3) is 0 Å². The number of hydrogen-bond acceptors (Lipinski definition) is 1. The molecule has 0 aliphatic heterocycles. The number of benzene rings is 1. The van der Waals surface area contributed by atoms with E-state index in [-0.39, 0.29) is 11.8 Å². The number of carbonyl (C=O) groups is 1. The van der Waals surface area contributed by atoms with Crippen LogP contribution >= 0.6 is 11.6 Å². The van der Waals surface area contributed by atoms with Gasteiger partial charge in [0.15, 0.2) is 0 Å². The first-order valence-corrected chi connectivity index (χ1v) is 10.5. The Bertz CT molecular complexity index is 643. The summed E-state index contributed by atoms with van der Waals surface area (Å²) < 4.78 is 0. The molecule has 0 aromatic heterocycles. The number of halogens is 1. The van der Waals surface area contributed by atoms with Gasteiger partial charge in [-0.1, -0.05) is 49.2 Å². The van der Waals surface area contributed by atoms with Gasteiger partial charge in [0.1, 0.15) is 0 Å². The second-order valence-corrected chi connectivity index (χ2v) is 8.89. The summed E-state index contributed by atoms with van der Waals surface area (Å²) in [5.74, 6) is -0.0924. The molecule has 2 unspecified atom stereocenters. The molecule has 2 aliphatic rings. The molecule has 1 aromatic carbocycles. The zero-order chi connectivity index (χ0) is 18.6. The van der Waals surface area contributed by atoms with Crippen LogP contribution in [0.3, 0.4) is 0 Å². The average Bonchev–Trinajstić information content (AvgIpc) is 3.21. The van der Waals surface area contributed by atoms with Gasteiger partial charge in [-0.15, -0.1) is 0 Å². The fourth-order valence-corrected chi connectivity index (χ4v) is 5.45. The summed E-state index contributed by atoms with van der Waals surface area (Å²) >= 11 is 6.17. The highest BCUT2D eigenvalue weighted by Crippen LogP contribution is 2.56. The van der Waals surface area contributed by atoms with Crippen molar-refractivity contribution >= 4 is 17.6 Å². The maximum absolute atomic E-state index is 11.9. The molecule has 2 fully saturated rings. The first-order valence-electron chi connectivity index (χ1n) is 10.2. The van der Waals surface area contributed by atoms with Crippen LogP contribution in [0, 0.1) is 17.3 Å². The van der Waals surface area contributed by atoms with Gasteiger partial charge in [-0.2, -0.15) is 0 Å². The van der Waals surface area contributed by atoms with E-state index in [9.17, 15) is 9.90 Å². The minimum absolute atomic E-state index is 0.0141. The molecule has 26 heavy (non-hydrogen) atoms. The number of carboxylic acid groups (broad SMARTS) is 1. The Morgan fingerprint density at radius 1 is 1.35 bits per heavy atom. The van der Waals surface area contributed by atoms with Gasteiger partial charge in [-0.25, -0.2) is 0 Å². The quantitative estimate of drug-likeness (QED) is 0.480. The van der Waals surface area contributed by atoms with Crippen LogP contribution in [0.1, 0.15) is 76.2 Å². The standard InChI is InChI=1S/C23H31ClO2/c1-2-6-21(22(25)26)20(18-7-5-8-19(24)15-18)9-3-4-12-23-13-10-17(16-23)11-14-23/h3-5,7-8,15,17,20-21H,2,6,9-14,16H2,1H3,(H,25,26). The van der Waals surface area contributed by atoms with Crippen molar-refractivity contribution in [2.45, 2.75) is 70.6 Å². The summed E-state index contributed by atoms with van der Waals surface area (Å²) in [4.78, 5) is 11.9. The molecule has 1 N–H and O–H groups in total. The molecule has 2 atom stereocenters. The Morgan fingerprint density at radius 2 is 2.12 bits per heavy atom. The molecule has 2 bridgehead atoms. The zero-order valence-electron chi connectivity index (χ0n) is 15.8. The summed E-state index contributed by atoms with van der Waals surface area (Å²) in [6, 6.07) is 7.73. The molecule has 3 rings (SSSR count). The van der Waals surface area contributed by atoms with E-state index in [1.165, 1.54) is 32.1 Å². The number of carboxylic acids is 1. The Morgan fingerprint density at radius 3 is 2.69 bits per heavy atom. The molecule has 0 heterocycles. The first-order chi connectivity index (χ1) is 12.5. The van der Waals surface area contributed by atoms with Crippen LogP contribution < -0.4 is 0 Å². The summed E-state index contributed by atoms with van der Waals surface area (Å²) in [7, 11) is 0. The maximum atomic E-state index is 11.9. The van der Waals surface area contributed by atoms with Gasteiger partial charge < -0.3 is 5.11 Å². The molecular formula is C23H31ClO2. The van der Waals surface area contributed by atoms with Crippen molar-refractivity contribution in [3.63, 3.8) is 0 Å². The van der Waals surface area contributed by atoms with E-state index in [0.717, 1.165) is 30.7 Å². The predicted octanol–water partition coefficient (Wildman–Crippen LogP) is 6.84. The number of aliphatic carboxylic acids is 1. The lowest BCUT2D eigenvalue weighted by molar-refractivity contribution is -0.142. The predicted molar refractivity (Wildman–Crippen MR) is 108 cm³/mol. The lowest BCUT2D eigenvalue weighted by atomic mass is 9.79. The summed E-state index contributed by atoms with van der Waals surface area (Å²) in [6.07, 6.45) is 15.1. The van der Waals surface area contributed by atoms with Crippen molar-refractivity contribution in [2.24, 2.45) is 17.3 Å². The molecule has 1 aromatic rings. The van der Waals surface area contributed by atoms with Crippen molar-refractivity contribution < 1.29 is 9.90 Å². The normalized spacial score (nSPS) is 27.1. The van der Waals surface area contributed by atoms with Crippen molar-refractivity contribution in [1.29, 1.82) is 0 Å². The van der Waals surface area contributed by atoms with E-state index in [0.29, 0.717) is 16.9 Å². The smallest absolute Gasteiger partial charge is 0.307 e. The molecule has 0 saturated heterocycles. The Labute approximate surface area is 162 Å². The molecular weight excluding hydrogens is 344 g/mol. The van der Waals surface area contributed by atoms with Gasteiger partial charge in [-0.3, -0.25) is 4.79 Å². The van der Waals surface area contributed by atoms with Crippen molar-refractivity contribution in [3.8, 4) is 0 Å². The van der Waals surface area contributed by atoms with E-state index >= 15 is 0 Å². The minimum Gasteiger partial charge on any atom is -0.481 e. The van der Waals surface area contributed by atoms with Crippen LogP contribution in [0.25, 0.3) is 0 Å². The van der Waals surface area contributed by atoms with E-state index in [1.54, 1.807) is 0 Å². The van der Waals surface area contributed by atoms with Gasteiger partial charge in [0, 0.05) is 10.9 Å². The second-order valence-electron chi connectivity index (χ2n) is 8.45. The van der Waals surface area contributed by atoms with E-state index < -0.39 is 5.97 Å². The van der Waals surface area contributed by atoms with Crippen LogP contribution in [0.5, 0.6) is 0 Å². The number of allylic oxidation sites excluding steroid dienone is 2. The average molecular weight is 375 g/mol. The van der Waals surface area contributed by atoms with Crippen molar-refractivity contribution in [2.75, 3.05) is 0 Å². The van der Waals surface area contributed by atoms with Gasteiger partial charge in [0.2, 0.25) is 0 Å². The molecule has 0 spiro atoms. The highest BCUT2D eigenvalue weighted by Gasteiger charge is 2.43. The Balaban J connectivity index is 1.70. The maximum Gasteiger partial charge on any atom is 0.307 e. The Kier molecular flexibility index (Phi) is 6.45. The van der Waals surface area contributed by atoms with Gasteiger partial charge >= 0.3 is 5.97 Å². The third-order valence-corrected chi connectivity index (χ3v) is 6.91. The van der Waals surface area contributed by atoms with Crippen molar-refractivity contribution in [3.05, 3.63) is 47.0 Å². The fraction of sp³-hybridized carbons (Fsp3) is 0.609. The fourth-order valence-electron chi connectivity index (χ4n) is 5.25. The summed E-state index contributed by atoms with van der Waals surface area (Å²) in [6.45, 7) is 2.05. The largest absolute Gasteiger partial charge is 0.481 e. The monoisotopic (exact) mass is 374 g/mol. The van der Waals surface area contributed by atoms with Crippen LogP contribution in [0.15, 0.2) is 36.4 Å². The second kappa shape index (κ2) is 8.61. The molecule has 3 heteroatoms. The number of hydrogen-bond donors (Lipinski definition) is 1. The first kappa shape index (κ1) is 19.5. The topological polar surface area (TPSA) is 37.3 Å². The summed E-state index contributed by atoms with van der Waals surface area (Å²) in [5, 5.41) is 10.4. The molecule has 2 nitrogen and oxygen atoms in total. The minimum atomic E-state index is -0.696. The number of rotatable bonds is 9. The Hall–Kier alpha value is -1.28. The lowest BCUT2D eigenvalue weighted by Crippen LogP contribution is -2.22. The lowest BCUT2D eigenvalue weighted by Gasteiger charge is -2.25. The van der Waals surface area contributed by atoms with Crippen molar-refractivity contribution in [1.82, 2.24) is 0 Å². The van der Waals surface area contributed by atoms with E-state index in [2.05, 4.69) is 19.1 Å².